The quantitative estimate of drug-likeness (QED) is 0.908. The van der Waals surface area contributed by atoms with Crippen LogP contribution in [-0.4, -0.2) is 35.0 Å². The molecule has 1 aliphatic heterocycles. The molecule has 0 aliphatic carbocycles. The van der Waals surface area contributed by atoms with Gasteiger partial charge in [-0.1, -0.05) is 30.3 Å². The average molecular weight is 339 g/mol. The number of likely N-dealkylation sites (tertiary alicyclic amines) is 1. The van der Waals surface area contributed by atoms with Crippen LogP contribution < -0.4 is 4.74 Å². The van der Waals surface area contributed by atoms with E-state index in [4.69, 9.17) is 4.74 Å². The maximum absolute atomic E-state index is 12.5. The maximum atomic E-state index is 12.5. The van der Waals surface area contributed by atoms with Crippen LogP contribution in [0.1, 0.15) is 29.3 Å². The molecule has 130 valence electrons. The summed E-state index contributed by atoms with van der Waals surface area (Å²) in [5.74, 6) is -0.302. The van der Waals surface area contributed by atoms with Gasteiger partial charge >= 0.3 is 5.97 Å². The summed E-state index contributed by atoms with van der Waals surface area (Å²) in [6.07, 6.45) is 0.479. The molecule has 1 unspecified atom stereocenters. The van der Waals surface area contributed by atoms with Gasteiger partial charge in [-0.05, 0) is 43.2 Å². The van der Waals surface area contributed by atoms with Gasteiger partial charge in [-0.25, -0.2) is 0 Å². The maximum Gasteiger partial charge on any atom is 0.311 e. The van der Waals surface area contributed by atoms with Crippen LogP contribution in [0.15, 0.2) is 54.6 Å². The average Bonchev–Trinajstić information content (AvgIpc) is 3.04. The molecule has 5 heteroatoms. The number of amides is 1. The van der Waals surface area contributed by atoms with E-state index in [1.54, 1.807) is 36.1 Å². The van der Waals surface area contributed by atoms with Gasteiger partial charge in [0.25, 0.3) is 5.91 Å². The Morgan fingerprint density at radius 1 is 1.12 bits per heavy atom. The number of benzene rings is 2. The summed E-state index contributed by atoms with van der Waals surface area (Å²) >= 11 is 0. The Morgan fingerprint density at radius 2 is 1.80 bits per heavy atom. The van der Waals surface area contributed by atoms with Crippen LogP contribution in [0.25, 0.3) is 0 Å². The Balaban J connectivity index is 1.60. The molecule has 2 aromatic rings. The van der Waals surface area contributed by atoms with Crippen LogP contribution in [0.3, 0.4) is 0 Å². The Labute approximate surface area is 146 Å². The number of ether oxygens (including phenoxy) is 1. The highest BCUT2D eigenvalue weighted by molar-refractivity contribution is 5.95. The molecule has 0 radical (unpaired) electrons. The van der Waals surface area contributed by atoms with E-state index in [9.17, 15) is 14.7 Å². The molecule has 1 saturated heterocycles. The minimum Gasteiger partial charge on any atom is -0.489 e. The van der Waals surface area contributed by atoms with E-state index in [1.165, 1.54) is 0 Å². The molecule has 0 aromatic heterocycles. The Hall–Kier alpha value is -2.82. The fraction of sp³-hybridized carbons (Fsp3) is 0.300. The van der Waals surface area contributed by atoms with Crippen LogP contribution in [0.5, 0.6) is 5.75 Å². The van der Waals surface area contributed by atoms with Crippen molar-refractivity contribution in [2.24, 2.45) is 5.41 Å². The van der Waals surface area contributed by atoms with E-state index in [0.717, 1.165) is 5.56 Å². The fourth-order valence-electron chi connectivity index (χ4n) is 2.93. The van der Waals surface area contributed by atoms with E-state index >= 15 is 0 Å². The predicted octanol–water partition coefficient (Wildman–Crippen LogP) is 3.20. The number of carboxylic acids is 1. The zero-order chi connectivity index (χ0) is 17.9. The molecule has 1 atom stereocenters. The molecule has 1 amide bonds. The van der Waals surface area contributed by atoms with E-state index in [1.807, 2.05) is 30.3 Å². The van der Waals surface area contributed by atoms with Crippen LogP contribution in [0.2, 0.25) is 0 Å². The number of carbonyl (C=O) groups excluding carboxylic acids is 1. The number of aliphatic carboxylic acids is 1. The third-order valence-electron chi connectivity index (χ3n) is 4.63. The highest BCUT2D eigenvalue weighted by atomic mass is 16.5. The van der Waals surface area contributed by atoms with Gasteiger partial charge in [0, 0.05) is 18.7 Å². The van der Waals surface area contributed by atoms with Crippen molar-refractivity contribution in [2.75, 3.05) is 13.1 Å². The number of hydrogen-bond donors (Lipinski definition) is 1. The lowest BCUT2D eigenvalue weighted by molar-refractivity contribution is -0.147. The number of rotatable bonds is 5. The molecule has 1 fully saturated rings. The summed E-state index contributed by atoms with van der Waals surface area (Å²) in [4.78, 5) is 25.5. The molecule has 5 nitrogen and oxygen atoms in total. The van der Waals surface area contributed by atoms with Crippen LogP contribution in [0.4, 0.5) is 0 Å². The van der Waals surface area contributed by atoms with Gasteiger partial charge in [0.05, 0.1) is 5.41 Å². The van der Waals surface area contributed by atoms with Gasteiger partial charge in [0.2, 0.25) is 0 Å². The minimum atomic E-state index is -0.854. The second-order valence-corrected chi connectivity index (χ2v) is 6.64. The zero-order valence-corrected chi connectivity index (χ0v) is 14.1. The molecule has 1 aliphatic rings. The normalized spacial score (nSPS) is 19.6. The summed E-state index contributed by atoms with van der Waals surface area (Å²) in [5.41, 5.74) is 0.767. The molecule has 0 bridgehead atoms. The van der Waals surface area contributed by atoms with Crippen molar-refractivity contribution in [3.8, 4) is 5.75 Å². The summed E-state index contributed by atoms with van der Waals surface area (Å²) in [6.45, 7) is 2.86. The lowest BCUT2D eigenvalue weighted by atomic mass is 9.90. The van der Waals surface area contributed by atoms with E-state index in [2.05, 4.69) is 0 Å². The number of nitrogens with zero attached hydrogens (tertiary/aromatic N) is 1. The number of hydrogen-bond acceptors (Lipinski definition) is 3. The van der Waals surface area contributed by atoms with Gasteiger partial charge in [-0.3, -0.25) is 9.59 Å². The topological polar surface area (TPSA) is 66.8 Å². The van der Waals surface area contributed by atoms with Gasteiger partial charge < -0.3 is 14.7 Å². The summed E-state index contributed by atoms with van der Waals surface area (Å²) in [6, 6.07) is 16.8. The van der Waals surface area contributed by atoms with E-state index in [-0.39, 0.29) is 12.5 Å². The number of carboxylic acid groups (broad SMARTS) is 1. The van der Waals surface area contributed by atoms with Crippen molar-refractivity contribution in [2.45, 2.75) is 20.0 Å². The molecular formula is C20H21NO4. The Morgan fingerprint density at radius 3 is 2.40 bits per heavy atom. The van der Waals surface area contributed by atoms with Crippen molar-refractivity contribution >= 4 is 11.9 Å². The first-order valence-corrected chi connectivity index (χ1v) is 8.27. The van der Waals surface area contributed by atoms with Crippen LogP contribution in [0, 0.1) is 5.41 Å². The first kappa shape index (κ1) is 17.0. The van der Waals surface area contributed by atoms with Crippen molar-refractivity contribution in [3.05, 3.63) is 65.7 Å². The monoisotopic (exact) mass is 339 g/mol. The highest BCUT2D eigenvalue weighted by Crippen LogP contribution is 2.31. The van der Waals surface area contributed by atoms with Gasteiger partial charge in [0.15, 0.2) is 0 Å². The molecule has 2 aromatic carbocycles. The largest absolute Gasteiger partial charge is 0.489 e. The standard InChI is InChI=1S/C20H21NO4/c1-20(19(23)24)11-12-21(14-20)18(22)16-7-9-17(10-8-16)25-13-15-5-3-2-4-6-15/h2-10H,11-14H2,1H3,(H,23,24). The molecule has 1 N–H and O–H groups in total. The van der Waals surface area contributed by atoms with Crippen molar-refractivity contribution in [1.82, 2.24) is 4.90 Å². The third kappa shape index (κ3) is 3.82. The number of carbonyl (C=O) groups is 2. The van der Waals surface area contributed by atoms with Gasteiger partial charge in [-0.15, -0.1) is 0 Å². The van der Waals surface area contributed by atoms with Gasteiger partial charge in [-0.2, -0.15) is 0 Å². The molecule has 1 heterocycles. The predicted molar refractivity (Wildman–Crippen MR) is 93.5 cm³/mol. The van der Waals surface area contributed by atoms with Gasteiger partial charge in [0.1, 0.15) is 12.4 Å². The summed E-state index contributed by atoms with van der Waals surface area (Å²) in [7, 11) is 0. The van der Waals surface area contributed by atoms with Crippen molar-refractivity contribution in [3.63, 3.8) is 0 Å². The van der Waals surface area contributed by atoms with E-state index < -0.39 is 11.4 Å². The molecule has 0 saturated carbocycles. The molecule has 3 rings (SSSR count). The molecular weight excluding hydrogens is 318 g/mol. The first-order chi connectivity index (χ1) is 12.0. The summed E-state index contributed by atoms with van der Waals surface area (Å²) < 4.78 is 5.71. The lowest BCUT2D eigenvalue weighted by Crippen LogP contribution is -2.34. The summed E-state index contributed by atoms with van der Waals surface area (Å²) in [5, 5.41) is 9.28. The SMILES string of the molecule is CC1(C(=O)O)CCN(C(=O)c2ccc(OCc3ccccc3)cc2)C1. The first-order valence-electron chi connectivity index (χ1n) is 8.27. The van der Waals surface area contributed by atoms with Crippen molar-refractivity contribution in [1.29, 1.82) is 0 Å². The zero-order valence-electron chi connectivity index (χ0n) is 14.1. The fourth-order valence-corrected chi connectivity index (χ4v) is 2.93. The molecule has 0 spiro atoms. The Bertz CT molecular complexity index is 757. The van der Waals surface area contributed by atoms with E-state index in [0.29, 0.717) is 30.9 Å². The minimum absolute atomic E-state index is 0.139. The lowest BCUT2D eigenvalue weighted by Gasteiger charge is -2.20. The smallest absolute Gasteiger partial charge is 0.311 e. The molecule has 25 heavy (non-hydrogen) atoms. The van der Waals surface area contributed by atoms with Crippen LogP contribution in [-0.2, 0) is 11.4 Å². The Kier molecular flexibility index (Phi) is 4.74. The third-order valence-corrected chi connectivity index (χ3v) is 4.63. The highest BCUT2D eigenvalue weighted by Gasteiger charge is 2.42. The van der Waals surface area contributed by atoms with Crippen molar-refractivity contribution < 1.29 is 19.4 Å². The second-order valence-electron chi connectivity index (χ2n) is 6.64. The second kappa shape index (κ2) is 6.97. The van der Waals surface area contributed by atoms with Crippen LogP contribution >= 0.6 is 0 Å².